The van der Waals surface area contributed by atoms with E-state index >= 15 is 0 Å². The molecule has 1 unspecified atom stereocenters. The molecule has 34 heavy (non-hydrogen) atoms. The third-order valence-corrected chi connectivity index (χ3v) is 7.00. The highest BCUT2D eigenvalue weighted by Crippen LogP contribution is 2.33. The number of aryl methyl sites for hydroxylation is 1. The number of amides is 1. The molecular formula is C25H29N5O3S. The minimum absolute atomic E-state index is 0.0615. The average Bonchev–Trinajstić information content (AvgIpc) is 3.53. The van der Waals surface area contributed by atoms with Crippen molar-refractivity contribution < 1.29 is 14.3 Å². The molecule has 8 nitrogen and oxygen atoms in total. The summed E-state index contributed by atoms with van der Waals surface area (Å²) in [7, 11) is 0. The first-order valence-electron chi connectivity index (χ1n) is 11.7. The normalized spacial score (nSPS) is 15.9. The number of carbonyl (C=O) groups excluding carboxylic acids is 1. The minimum Gasteiger partial charge on any atom is -0.486 e. The van der Waals surface area contributed by atoms with E-state index in [-0.39, 0.29) is 17.7 Å². The van der Waals surface area contributed by atoms with Crippen molar-refractivity contribution in [3.63, 3.8) is 0 Å². The zero-order valence-electron chi connectivity index (χ0n) is 19.5. The molecule has 1 N–H and O–H groups in total. The lowest BCUT2D eigenvalue weighted by Crippen LogP contribution is -2.28. The van der Waals surface area contributed by atoms with Crippen LogP contribution in [-0.2, 0) is 4.79 Å². The average molecular weight is 480 g/mol. The number of anilines is 1. The highest BCUT2D eigenvalue weighted by Gasteiger charge is 2.23. The van der Waals surface area contributed by atoms with Gasteiger partial charge in [0.05, 0.1) is 17.5 Å². The summed E-state index contributed by atoms with van der Waals surface area (Å²) in [4.78, 5) is 15.1. The molecule has 1 fully saturated rings. The maximum Gasteiger partial charge on any atom is 0.232 e. The Labute approximate surface area is 203 Å². The number of ether oxygens (including phenoxy) is 2. The summed E-state index contributed by atoms with van der Waals surface area (Å²) in [5, 5.41) is 12.7. The van der Waals surface area contributed by atoms with Gasteiger partial charge in [-0.05, 0) is 56.5 Å². The van der Waals surface area contributed by atoms with Gasteiger partial charge in [-0.15, -0.1) is 10.2 Å². The number of fused-ring (bicyclic) bond motifs is 1. The molecule has 5 rings (SSSR count). The standard InChI is InChI=1S/C25H29N5O3S/c1-17-5-8-20(9-6-17)30-24(29-11-3-4-12-29)27-28-25(30)34-16-23(31)26-18(2)19-7-10-21-22(15-19)33-14-13-32-21/h5-10,15,18H,3-4,11-14,16H2,1-2H3,(H,26,31). The van der Waals surface area contributed by atoms with Crippen LogP contribution in [-0.4, -0.2) is 52.7 Å². The smallest absolute Gasteiger partial charge is 0.232 e. The molecule has 3 heterocycles. The van der Waals surface area contributed by atoms with Crippen molar-refractivity contribution in [2.45, 2.75) is 37.9 Å². The highest BCUT2D eigenvalue weighted by atomic mass is 32.2. The predicted octanol–water partition coefficient (Wildman–Crippen LogP) is 3.92. The summed E-state index contributed by atoms with van der Waals surface area (Å²) in [5.41, 5.74) is 3.17. The molecule has 0 bridgehead atoms. The summed E-state index contributed by atoms with van der Waals surface area (Å²) in [5.74, 6) is 2.49. The van der Waals surface area contributed by atoms with Crippen molar-refractivity contribution in [1.29, 1.82) is 0 Å². The Bertz CT molecular complexity index is 1160. The van der Waals surface area contributed by atoms with Crippen molar-refractivity contribution in [3.05, 3.63) is 53.6 Å². The monoisotopic (exact) mass is 479 g/mol. The molecule has 0 radical (unpaired) electrons. The zero-order chi connectivity index (χ0) is 23.5. The largest absolute Gasteiger partial charge is 0.486 e. The summed E-state index contributed by atoms with van der Waals surface area (Å²) >= 11 is 1.40. The van der Waals surface area contributed by atoms with Gasteiger partial charge < -0.3 is 19.7 Å². The van der Waals surface area contributed by atoms with Gasteiger partial charge in [-0.2, -0.15) is 0 Å². The summed E-state index contributed by atoms with van der Waals surface area (Å²) < 4.78 is 13.3. The molecule has 3 aromatic rings. The Morgan fingerprint density at radius 1 is 1.06 bits per heavy atom. The fourth-order valence-electron chi connectivity index (χ4n) is 4.22. The molecule has 0 aliphatic carbocycles. The molecule has 0 spiro atoms. The van der Waals surface area contributed by atoms with Gasteiger partial charge in [0.25, 0.3) is 0 Å². The van der Waals surface area contributed by atoms with Crippen LogP contribution in [0, 0.1) is 6.92 Å². The maximum absolute atomic E-state index is 12.8. The van der Waals surface area contributed by atoms with Gasteiger partial charge in [0.1, 0.15) is 13.2 Å². The third-order valence-electron chi connectivity index (χ3n) is 6.07. The van der Waals surface area contributed by atoms with Gasteiger partial charge in [0, 0.05) is 13.1 Å². The van der Waals surface area contributed by atoms with Crippen LogP contribution in [0.3, 0.4) is 0 Å². The first kappa shape index (κ1) is 22.6. The number of nitrogens with zero attached hydrogens (tertiary/aromatic N) is 4. The topological polar surface area (TPSA) is 81.5 Å². The van der Waals surface area contributed by atoms with E-state index in [1.54, 1.807) is 0 Å². The van der Waals surface area contributed by atoms with Crippen LogP contribution < -0.4 is 19.7 Å². The third kappa shape index (κ3) is 4.84. The Hall–Kier alpha value is -3.20. The van der Waals surface area contributed by atoms with Crippen LogP contribution >= 0.6 is 11.8 Å². The lowest BCUT2D eigenvalue weighted by atomic mass is 10.1. The number of hydrogen-bond acceptors (Lipinski definition) is 7. The Morgan fingerprint density at radius 3 is 2.56 bits per heavy atom. The zero-order valence-corrected chi connectivity index (χ0v) is 20.3. The molecule has 9 heteroatoms. The van der Waals surface area contributed by atoms with E-state index in [4.69, 9.17) is 9.47 Å². The number of nitrogens with one attached hydrogen (secondary N) is 1. The van der Waals surface area contributed by atoms with Crippen LogP contribution in [0.5, 0.6) is 11.5 Å². The lowest BCUT2D eigenvalue weighted by molar-refractivity contribution is -0.119. The Kier molecular flexibility index (Phi) is 6.62. The van der Waals surface area contributed by atoms with Gasteiger partial charge in [-0.25, -0.2) is 0 Å². The fourth-order valence-corrected chi connectivity index (χ4v) is 4.98. The predicted molar refractivity (Wildman–Crippen MR) is 132 cm³/mol. The van der Waals surface area contributed by atoms with Crippen LogP contribution in [0.25, 0.3) is 5.69 Å². The molecule has 0 saturated carbocycles. The number of thioether (sulfide) groups is 1. The van der Waals surface area contributed by atoms with Gasteiger partial charge in [0.15, 0.2) is 16.7 Å². The summed E-state index contributed by atoms with van der Waals surface area (Å²) in [6.45, 7) is 7.08. The second kappa shape index (κ2) is 9.97. The van der Waals surface area contributed by atoms with E-state index in [0.717, 1.165) is 54.6 Å². The van der Waals surface area contributed by atoms with E-state index in [9.17, 15) is 4.79 Å². The molecule has 2 aromatic carbocycles. The number of aromatic nitrogens is 3. The van der Waals surface area contributed by atoms with E-state index in [0.29, 0.717) is 18.4 Å². The van der Waals surface area contributed by atoms with Crippen molar-refractivity contribution in [1.82, 2.24) is 20.1 Å². The van der Waals surface area contributed by atoms with Crippen molar-refractivity contribution >= 4 is 23.6 Å². The molecule has 1 atom stereocenters. The quantitative estimate of drug-likeness (QED) is 0.515. The Morgan fingerprint density at radius 2 is 1.79 bits per heavy atom. The summed E-state index contributed by atoms with van der Waals surface area (Å²) in [6.07, 6.45) is 2.31. The Balaban J connectivity index is 1.28. The van der Waals surface area contributed by atoms with Crippen molar-refractivity contribution in [2.75, 3.05) is 37.0 Å². The molecule has 178 valence electrons. The number of hydrogen-bond donors (Lipinski definition) is 1. The van der Waals surface area contributed by atoms with E-state index in [1.807, 2.05) is 25.1 Å². The van der Waals surface area contributed by atoms with Gasteiger partial charge in [-0.3, -0.25) is 9.36 Å². The van der Waals surface area contributed by atoms with Gasteiger partial charge in [0.2, 0.25) is 11.9 Å². The fraction of sp³-hybridized carbons (Fsp3) is 0.400. The van der Waals surface area contributed by atoms with Crippen molar-refractivity contribution in [3.8, 4) is 17.2 Å². The van der Waals surface area contributed by atoms with Gasteiger partial charge in [-0.1, -0.05) is 35.5 Å². The highest BCUT2D eigenvalue weighted by molar-refractivity contribution is 7.99. The maximum atomic E-state index is 12.8. The molecule has 2 aliphatic heterocycles. The second-order valence-corrected chi connectivity index (χ2v) is 9.57. The molecule has 1 amide bonds. The molecule has 1 saturated heterocycles. The van der Waals surface area contributed by atoms with E-state index < -0.39 is 0 Å². The van der Waals surface area contributed by atoms with Crippen LogP contribution in [0.15, 0.2) is 47.6 Å². The molecule has 2 aliphatic rings. The van der Waals surface area contributed by atoms with E-state index in [1.165, 1.54) is 17.3 Å². The summed E-state index contributed by atoms with van der Waals surface area (Å²) in [6, 6.07) is 14.0. The second-order valence-electron chi connectivity index (χ2n) is 8.63. The minimum atomic E-state index is -0.154. The van der Waals surface area contributed by atoms with Crippen LogP contribution in [0.1, 0.15) is 36.9 Å². The van der Waals surface area contributed by atoms with Gasteiger partial charge >= 0.3 is 0 Å². The van der Waals surface area contributed by atoms with Crippen LogP contribution in [0.4, 0.5) is 5.95 Å². The first-order chi connectivity index (χ1) is 16.6. The molecule has 1 aromatic heterocycles. The number of rotatable bonds is 7. The first-order valence-corrected chi connectivity index (χ1v) is 12.7. The number of benzene rings is 2. The lowest BCUT2D eigenvalue weighted by Gasteiger charge is -2.21. The number of carbonyl (C=O) groups is 1. The van der Waals surface area contributed by atoms with Crippen LogP contribution in [0.2, 0.25) is 0 Å². The molecular weight excluding hydrogens is 450 g/mol. The van der Waals surface area contributed by atoms with E-state index in [2.05, 4.69) is 56.2 Å². The SMILES string of the molecule is Cc1ccc(-n2c(SCC(=O)NC(C)c3ccc4c(c3)OCCO4)nnc2N2CCCC2)cc1. The van der Waals surface area contributed by atoms with Crippen molar-refractivity contribution in [2.24, 2.45) is 0 Å².